The molecule has 1 saturated heterocycles. The van der Waals surface area contributed by atoms with Gasteiger partial charge in [0.25, 0.3) is 0 Å². The molecule has 0 unspecified atom stereocenters. The predicted octanol–water partition coefficient (Wildman–Crippen LogP) is 3.11. The Hall–Kier alpha value is -1.70. The summed E-state index contributed by atoms with van der Waals surface area (Å²) in [5.74, 6) is 0.973. The third-order valence-electron chi connectivity index (χ3n) is 4.09. The molecule has 1 N–H and O–H groups in total. The highest BCUT2D eigenvalue weighted by Gasteiger charge is 2.38. The molecule has 1 aliphatic rings. The summed E-state index contributed by atoms with van der Waals surface area (Å²) in [5, 5.41) is 0. The van der Waals surface area contributed by atoms with Crippen LogP contribution in [0, 0.1) is 0 Å². The molecule has 0 aliphatic carbocycles. The summed E-state index contributed by atoms with van der Waals surface area (Å²) >= 11 is 3.32. The van der Waals surface area contributed by atoms with E-state index in [4.69, 9.17) is 0 Å². The van der Waals surface area contributed by atoms with Crippen LogP contribution in [0.25, 0.3) is 11.0 Å². The third kappa shape index (κ3) is 2.58. The number of nitrogens with one attached hydrogen (secondary N) is 1. The van der Waals surface area contributed by atoms with Gasteiger partial charge in [0.05, 0.1) is 15.9 Å². The van der Waals surface area contributed by atoms with Crippen molar-refractivity contribution in [3.63, 3.8) is 0 Å². The van der Waals surface area contributed by atoms with Crippen LogP contribution < -0.4 is 0 Å². The van der Waals surface area contributed by atoms with Crippen LogP contribution in [-0.2, 0) is 10.0 Å². The molecule has 0 bridgehead atoms. The second-order valence-corrected chi connectivity index (χ2v) is 8.47. The topological polar surface area (TPSA) is 66.1 Å². The number of hydrogen-bond donors (Lipinski definition) is 1. The molecular weight excluding hydrogens is 378 g/mol. The maximum atomic E-state index is 12.6. The summed E-state index contributed by atoms with van der Waals surface area (Å²) in [6, 6.07) is 14.5. The largest absolute Gasteiger partial charge is 0.342 e. The molecule has 1 aliphatic heterocycles. The molecule has 118 valence electrons. The van der Waals surface area contributed by atoms with Crippen LogP contribution >= 0.6 is 15.9 Å². The van der Waals surface area contributed by atoms with Gasteiger partial charge in [0.1, 0.15) is 5.82 Å². The number of rotatable bonds is 3. The van der Waals surface area contributed by atoms with E-state index in [1.165, 1.54) is 4.31 Å². The Bertz CT molecular complexity index is 927. The number of sulfonamides is 1. The van der Waals surface area contributed by atoms with Crippen LogP contribution in [0.15, 0.2) is 57.9 Å². The van der Waals surface area contributed by atoms with Crippen molar-refractivity contribution in [1.82, 2.24) is 14.3 Å². The van der Waals surface area contributed by atoms with Gasteiger partial charge in [-0.3, -0.25) is 0 Å². The number of fused-ring (bicyclic) bond motifs is 1. The van der Waals surface area contributed by atoms with Crippen molar-refractivity contribution in [3.8, 4) is 0 Å². The van der Waals surface area contributed by atoms with Gasteiger partial charge in [-0.1, -0.05) is 28.1 Å². The molecular formula is C16H14BrN3O2S. The molecule has 0 spiro atoms. The van der Waals surface area contributed by atoms with E-state index in [-0.39, 0.29) is 5.92 Å². The van der Waals surface area contributed by atoms with E-state index in [9.17, 15) is 8.42 Å². The summed E-state index contributed by atoms with van der Waals surface area (Å²) in [4.78, 5) is 8.15. The summed E-state index contributed by atoms with van der Waals surface area (Å²) in [6.07, 6.45) is 0. The molecule has 1 aromatic heterocycles. The summed E-state index contributed by atoms with van der Waals surface area (Å²) in [6.45, 7) is 0.913. The van der Waals surface area contributed by atoms with E-state index in [1.807, 2.05) is 24.3 Å². The molecule has 7 heteroatoms. The SMILES string of the molecule is O=S(=O)(c1ccc(Br)cc1)N1CC(c2nc3ccccc3[nH]2)C1. The standard InChI is InChI=1S/C16H14BrN3O2S/c17-12-5-7-13(8-6-12)23(21,22)20-9-11(10-20)16-18-14-3-1-2-4-15(14)19-16/h1-8,11H,9-10H2,(H,18,19). The zero-order chi connectivity index (χ0) is 16.0. The van der Waals surface area contributed by atoms with Crippen molar-refractivity contribution >= 4 is 37.0 Å². The molecule has 0 saturated carbocycles. The van der Waals surface area contributed by atoms with Crippen LogP contribution in [0.1, 0.15) is 11.7 Å². The Morgan fingerprint density at radius 3 is 2.48 bits per heavy atom. The maximum absolute atomic E-state index is 12.6. The smallest absolute Gasteiger partial charge is 0.243 e. The van der Waals surface area contributed by atoms with Gasteiger partial charge in [-0.25, -0.2) is 13.4 Å². The molecule has 4 rings (SSSR count). The first kappa shape index (κ1) is 14.9. The Labute approximate surface area is 142 Å². The van der Waals surface area contributed by atoms with Gasteiger partial charge >= 0.3 is 0 Å². The Morgan fingerprint density at radius 1 is 1.09 bits per heavy atom. The van der Waals surface area contributed by atoms with Gasteiger partial charge in [-0.15, -0.1) is 0 Å². The lowest BCUT2D eigenvalue weighted by Crippen LogP contribution is -2.48. The highest BCUT2D eigenvalue weighted by Crippen LogP contribution is 2.31. The molecule has 1 fully saturated rings. The van der Waals surface area contributed by atoms with Gasteiger partial charge in [-0.2, -0.15) is 4.31 Å². The number of halogens is 1. The summed E-state index contributed by atoms with van der Waals surface area (Å²) < 4.78 is 27.5. The van der Waals surface area contributed by atoms with Crippen molar-refractivity contribution in [2.45, 2.75) is 10.8 Å². The average molecular weight is 392 g/mol. The zero-order valence-corrected chi connectivity index (χ0v) is 14.5. The molecule has 0 atom stereocenters. The van der Waals surface area contributed by atoms with Crippen molar-refractivity contribution in [2.75, 3.05) is 13.1 Å². The fourth-order valence-electron chi connectivity index (χ4n) is 2.73. The first-order valence-corrected chi connectivity index (χ1v) is 9.48. The number of nitrogens with zero attached hydrogens (tertiary/aromatic N) is 2. The predicted molar refractivity (Wildman–Crippen MR) is 91.7 cm³/mol. The Balaban J connectivity index is 1.53. The molecule has 2 aromatic carbocycles. The van der Waals surface area contributed by atoms with E-state index in [1.54, 1.807) is 24.3 Å². The number of H-pyrrole nitrogens is 1. The minimum Gasteiger partial charge on any atom is -0.342 e. The summed E-state index contributed by atoms with van der Waals surface area (Å²) in [7, 11) is -3.42. The molecule has 5 nitrogen and oxygen atoms in total. The average Bonchev–Trinajstić information content (AvgIpc) is 2.89. The van der Waals surface area contributed by atoms with Crippen LogP contribution in [0.5, 0.6) is 0 Å². The number of para-hydroxylation sites is 2. The molecule has 2 heterocycles. The van der Waals surface area contributed by atoms with Gasteiger partial charge in [0.2, 0.25) is 10.0 Å². The van der Waals surface area contributed by atoms with Crippen LogP contribution in [0.4, 0.5) is 0 Å². The van der Waals surface area contributed by atoms with Crippen molar-refractivity contribution in [2.24, 2.45) is 0 Å². The third-order valence-corrected chi connectivity index (χ3v) is 6.47. The van der Waals surface area contributed by atoms with Gasteiger partial charge in [-0.05, 0) is 36.4 Å². The number of benzene rings is 2. The van der Waals surface area contributed by atoms with Crippen LogP contribution in [0.3, 0.4) is 0 Å². The minimum absolute atomic E-state index is 0.118. The molecule has 23 heavy (non-hydrogen) atoms. The number of aromatic amines is 1. The molecule has 0 radical (unpaired) electrons. The summed E-state index contributed by atoms with van der Waals surface area (Å²) in [5.41, 5.74) is 1.90. The first-order chi connectivity index (χ1) is 11.0. The second kappa shape index (κ2) is 5.43. The van der Waals surface area contributed by atoms with Gasteiger partial charge < -0.3 is 4.98 Å². The highest BCUT2D eigenvalue weighted by atomic mass is 79.9. The van der Waals surface area contributed by atoms with Crippen LogP contribution in [-0.4, -0.2) is 35.8 Å². The quantitative estimate of drug-likeness (QED) is 0.745. The van der Waals surface area contributed by atoms with E-state index >= 15 is 0 Å². The fourth-order valence-corrected chi connectivity index (χ4v) is 4.52. The van der Waals surface area contributed by atoms with Crippen molar-refractivity contribution < 1.29 is 8.42 Å². The van der Waals surface area contributed by atoms with Gasteiger partial charge in [0.15, 0.2) is 0 Å². The van der Waals surface area contributed by atoms with E-state index in [0.717, 1.165) is 21.3 Å². The lowest BCUT2D eigenvalue weighted by atomic mass is 10.0. The van der Waals surface area contributed by atoms with E-state index in [0.29, 0.717) is 18.0 Å². The zero-order valence-electron chi connectivity index (χ0n) is 12.1. The number of imidazole rings is 1. The van der Waals surface area contributed by atoms with Crippen LogP contribution in [0.2, 0.25) is 0 Å². The lowest BCUT2D eigenvalue weighted by Gasteiger charge is -2.36. The van der Waals surface area contributed by atoms with E-state index in [2.05, 4.69) is 25.9 Å². The monoisotopic (exact) mass is 391 g/mol. The Kier molecular flexibility index (Phi) is 3.51. The second-order valence-electron chi connectivity index (χ2n) is 5.61. The first-order valence-electron chi connectivity index (χ1n) is 7.24. The fraction of sp³-hybridized carbons (Fsp3) is 0.188. The minimum atomic E-state index is -3.42. The normalized spacial score (nSPS) is 16.6. The highest BCUT2D eigenvalue weighted by molar-refractivity contribution is 9.10. The molecule has 0 amide bonds. The maximum Gasteiger partial charge on any atom is 0.243 e. The molecule has 3 aromatic rings. The lowest BCUT2D eigenvalue weighted by molar-refractivity contribution is 0.257. The van der Waals surface area contributed by atoms with Gasteiger partial charge in [0, 0.05) is 23.5 Å². The van der Waals surface area contributed by atoms with Crippen molar-refractivity contribution in [1.29, 1.82) is 0 Å². The Morgan fingerprint density at radius 2 is 1.78 bits per heavy atom. The number of hydrogen-bond acceptors (Lipinski definition) is 3. The number of aromatic nitrogens is 2. The van der Waals surface area contributed by atoms with Crippen molar-refractivity contribution in [3.05, 3.63) is 58.8 Å². The van der Waals surface area contributed by atoms with E-state index < -0.39 is 10.0 Å².